The van der Waals surface area contributed by atoms with Crippen LogP contribution in [0, 0.1) is 0 Å². The molecule has 1 aromatic carbocycles. The molecule has 0 spiro atoms. The third-order valence-electron chi connectivity index (χ3n) is 6.79. The molecule has 1 atom stereocenters. The van der Waals surface area contributed by atoms with Gasteiger partial charge in [-0.3, -0.25) is 19.3 Å². The summed E-state index contributed by atoms with van der Waals surface area (Å²) in [4.78, 5) is 42.7. The molecule has 10 nitrogen and oxygen atoms in total. The van der Waals surface area contributed by atoms with E-state index in [1.54, 1.807) is 18.3 Å². The minimum absolute atomic E-state index is 0.160. The van der Waals surface area contributed by atoms with Gasteiger partial charge in [-0.1, -0.05) is 0 Å². The summed E-state index contributed by atoms with van der Waals surface area (Å²) in [5.41, 5.74) is 1.14. The Bertz CT molecular complexity index is 1000. The van der Waals surface area contributed by atoms with Crippen molar-refractivity contribution in [1.82, 2.24) is 20.4 Å². The second-order valence-corrected chi connectivity index (χ2v) is 9.06. The zero-order valence-corrected chi connectivity index (χ0v) is 20.8. The quantitative estimate of drug-likeness (QED) is 0.377. The molecular weight excluding hydrogens is 462 g/mol. The SMILES string of the molecule is COc1ccc(N2CCN([C@@H](CNC(=O)C(=O)NCCCN3CCCC3=O)c3ccco3)CC2)cc1. The average molecular weight is 498 g/mol. The van der Waals surface area contributed by atoms with Crippen LogP contribution in [0.2, 0.25) is 0 Å². The second kappa shape index (κ2) is 12.4. The highest BCUT2D eigenvalue weighted by Crippen LogP contribution is 2.25. The number of rotatable bonds is 10. The Morgan fingerprint density at radius 2 is 1.78 bits per heavy atom. The van der Waals surface area contributed by atoms with E-state index in [0.29, 0.717) is 25.9 Å². The highest BCUT2D eigenvalue weighted by Gasteiger charge is 2.28. The Hall–Kier alpha value is -3.53. The van der Waals surface area contributed by atoms with Crippen LogP contribution < -0.4 is 20.3 Å². The van der Waals surface area contributed by atoms with Crippen molar-refractivity contribution < 1.29 is 23.5 Å². The first kappa shape index (κ1) is 25.6. The highest BCUT2D eigenvalue weighted by molar-refractivity contribution is 6.35. The molecule has 36 heavy (non-hydrogen) atoms. The number of hydrogen-bond acceptors (Lipinski definition) is 7. The molecular formula is C26H35N5O5. The lowest BCUT2D eigenvalue weighted by Crippen LogP contribution is -2.50. The number of nitrogens with zero attached hydrogens (tertiary/aromatic N) is 3. The van der Waals surface area contributed by atoms with Crippen molar-refractivity contribution in [3.05, 3.63) is 48.4 Å². The van der Waals surface area contributed by atoms with Gasteiger partial charge in [0.05, 0.1) is 19.4 Å². The first-order chi connectivity index (χ1) is 17.5. The number of hydrogen-bond donors (Lipinski definition) is 2. The Kier molecular flexibility index (Phi) is 8.83. The van der Waals surface area contributed by atoms with Gasteiger partial charge in [0, 0.05) is 64.5 Å². The molecule has 0 radical (unpaired) electrons. The van der Waals surface area contributed by atoms with Crippen LogP contribution >= 0.6 is 0 Å². The van der Waals surface area contributed by atoms with Gasteiger partial charge in [-0.15, -0.1) is 0 Å². The molecule has 194 valence electrons. The Balaban J connectivity index is 1.24. The molecule has 2 aliphatic heterocycles. The number of piperazine rings is 1. The lowest BCUT2D eigenvalue weighted by Gasteiger charge is -2.39. The monoisotopic (exact) mass is 497 g/mol. The van der Waals surface area contributed by atoms with Gasteiger partial charge in [0.1, 0.15) is 11.5 Å². The van der Waals surface area contributed by atoms with Crippen LogP contribution in [-0.2, 0) is 14.4 Å². The largest absolute Gasteiger partial charge is 0.497 e. The predicted octanol–water partition coefficient (Wildman–Crippen LogP) is 1.40. The van der Waals surface area contributed by atoms with E-state index in [4.69, 9.17) is 9.15 Å². The minimum Gasteiger partial charge on any atom is -0.497 e. The number of methoxy groups -OCH3 is 1. The molecule has 2 aliphatic rings. The molecule has 2 saturated heterocycles. The molecule has 2 aromatic rings. The van der Waals surface area contributed by atoms with E-state index in [2.05, 4.69) is 32.6 Å². The summed E-state index contributed by atoms with van der Waals surface area (Å²) in [6, 6.07) is 11.6. The van der Waals surface area contributed by atoms with Crippen molar-refractivity contribution in [2.45, 2.75) is 25.3 Å². The van der Waals surface area contributed by atoms with Crippen LogP contribution in [-0.4, -0.2) is 87.0 Å². The zero-order valence-electron chi connectivity index (χ0n) is 20.8. The maximum absolute atomic E-state index is 12.4. The summed E-state index contributed by atoms with van der Waals surface area (Å²) in [6.45, 7) is 5.23. The van der Waals surface area contributed by atoms with Gasteiger partial charge < -0.3 is 29.6 Å². The molecule has 1 aromatic heterocycles. The maximum atomic E-state index is 12.4. The third kappa shape index (κ3) is 6.57. The fourth-order valence-electron chi connectivity index (χ4n) is 4.74. The van der Waals surface area contributed by atoms with E-state index in [1.807, 2.05) is 24.3 Å². The van der Waals surface area contributed by atoms with E-state index in [9.17, 15) is 14.4 Å². The fourth-order valence-corrected chi connectivity index (χ4v) is 4.74. The summed E-state index contributed by atoms with van der Waals surface area (Å²) >= 11 is 0. The molecule has 0 bridgehead atoms. The van der Waals surface area contributed by atoms with Gasteiger partial charge in [-0.2, -0.15) is 0 Å². The van der Waals surface area contributed by atoms with Crippen LogP contribution in [0.25, 0.3) is 0 Å². The topological polar surface area (TPSA) is 107 Å². The molecule has 3 amide bonds. The van der Waals surface area contributed by atoms with Crippen molar-refractivity contribution in [1.29, 1.82) is 0 Å². The molecule has 4 rings (SSSR count). The Morgan fingerprint density at radius 3 is 2.42 bits per heavy atom. The summed E-state index contributed by atoms with van der Waals surface area (Å²) in [6.07, 6.45) is 3.73. The number of furan rings is 1. The van der Waals surface area contributed by atoms with Gasteiger partial charge in [0.2, 0.25) is 5.91 Å². The van der Waals surface area contributed by atoms with E-state index < -0.39 is 11.8 Å². The number of ether oxygens (including phenoxy) is 1. The fraction of sp³-hybridized carbons (Fsp3) is 0.500. The van der Waals surface area contributed by atoms with Crippen molar-refractivity contribution in [3.63, 3.8) is 0 Å². The van der Waals surface area contributed by atoms with Crippen molar-refractivity contribution in [2.24, 2.45) is 0 Å². The zero-order chi connectivity index (χ0) is 25.3. The van der Waals surface area contributed by atoms with E-state index in [-0.39, 0.29) is 18.5 Å². The average Bonchev–Trinajstić information content (AvgIpc) is 3.59. The van der Waals surface area contributed by atoms with Crippen molar-refractivity contribution >= 4 is 23.4 Å². The number of anilines is 1. The number of likely N-dealkylation sites (tertiary alicyclic amines) is 1. The molecule has 10 heteroatoms. The molecule has 0 aliphatic carbocycles. The molecule has 0 saturated carbocycles. The van der Waals surface area contributed by atoms with Gasteiger partial charge in [0.25, 0.3) is 0 Å². The lowest BCUT2D eigenvalue weighted by atomic mass is 10.1. The van der Waals surface area contributed by atoms with Crippen LogP contribution in [0.4, 0.5) is 5.69 Å². The minimum atomic E-state index is -0.666. The summed E-state index contributed by atoms with van der Waals surface area (Å²) in [5.74, 6) is 0.416. The number of carbonyl (C=O) groups excluding carboxylic acids is 3. The predicted molar refractivity (Wildman–Crippen MR) is 135 cm³/mol. The normalized spacial score (nSPS) is 17.2. The molecule has 3 heterocycles. The van der Waals surface area contributed by atoms with E-state index >= 15 is 0 Å². The van der Waals surface area contributed by atoms with Gasteiger partial charge in [-0.25, -0.2) is 0 Å². The molecule has 2 fully saturated rings. The standard InChI is InChI=1S/C26H35N5O5/c1-35-21-9-7-20(8-10-21)29-14-16-30(17-15-29)22(23-5-3-18-36-23)19-28-26(34)25(33)27-11-4-13-31-12-2-6-24(31)32/h3,5,7-10,18,22H,2,4,6,11-17,19H2,1H3,(H,27,33)(H,28,34)/t22-/m0/s1. The summed E-state index contributed by atoms with van der Waals surface area (Å²) in [5, 5.41) is 5.42. The van der Waals surface area contributed by atoms with Crippen LogP contribution in [0.3, 0.4) is 0 Å². The van der Waals surface area contributed by atoms with Crippen LogP contribution in [0.5, 0.6) is 5.75 Å². The first-order valence-electron chi connectivity index (χ1n) is 12.6. The highest BCUT2D eigenvalue weighted by atomic mass is 16.5. The van der Waals surface area contributed by atoms with Crippen LogP contribution in [0.1, 0.15) is 31.1 Å². The van der Waals surface area contributed by atoms with Gasteiger partial charge in [-0.05, 0) is 49.2 Å². The van der Waals surface area contributed by atoms with Crippen LogP contribution in [0.15, 0.2) is 47.1 Å². The van der Waals surface area contributed by atoms with E-state index in [1.165, 1.54) is 0 Å². The number of carbonyl (C=O) groups is 3. The number of amides is 3. The number of benzene rings is 1. The van der Waals surface area contributed by atoms with Gasteiger partial charge >= 0.3 is 11.8 Å². The lowest BCUT2D eigenvalue weighted by molar-refractivity contribution is -0.139. The third-order valence-corrected chi connectivity index (χ3v) is 6.79. The van der Waals surface area contributed by atoms with Gasteiger partial charge in [0.15, 0.2) is 0 Å². The first-order valence-corrected chi connectivity index (χ1v) is 12.6. The maximum Gasteiger partial charge on any atom is 0.309 e. The molecule has 2 N–H and O–H groups in total. The van der Waals surface area contributed by atoms with Crippen molar-refractivity contribution in [3.8, 4) is 5.75 Å². The van der Waals surface area contributed by atoms with E-state index in [0.717, 1.165) is 56.3 Å². The number of nitrogens with one attached hydrogen (secondary N) is 2. The molecule has 0 unspecified atom stereocenters. The second-order valence-electron chi connectivity index (χ2n) is 9.06. The Labute approximate surface area is 211 Å². The Morgan fingerprint density at radius 1 is 1.03 bits per heavy atom. The summed E-state index contributed by atoms with van der Waals surface area (Å²) in [7, 11) is 1.66. The van der Waals surface area contributed by atoms with Crippen molar-refractivity contribution in [2.75, 3.05) is 64.4 Å². The summed E-state index contributed by atoms with van der Waals surface area (Å²) < 4.78 is 10.9. The smallest absolute Gasteiger partial charge is 0.309 e.